The molecule has 2 aromatic rings. The van der Waals surface area contributed by atoms with Crippen molar-refractivity contribution in [2.75, 3.05) is 20.2 Å². The Balaban J connectivity index is 1.56. The minimum atomic E-state index is -0.923. The number of rotatable bonds is 3. The van der Waals surface area contributed by atoms with Crippen LogP contribution >= 0.6 is 0 Å². The van der Waals surface area contributed by atoms with Crippen molar-refractivity contribution in [2.45, 2.75) is 25.4 Å². The van der Waals surface area contributed by atoms with Crippen LogP contribution in [0.15, 0.2) is 36.7 Å². The molecule has 4 rings (SSSR count). The van der Waals surface area contributed by atoms with Gasteiger partial charge in [0.15, 0.2) is 0 Å². The van der Waals surface area contributed by atoms with Crippen LogP contribution in [0.5, 0.6) is 5.75 Å². The van der Waals surface area contributed by atoms with Gasteiger partial charge in [0.1, 0.15) is 11.4 Å². The van der Waals surface area contributed by atoms with Gasteiger partial charge in [-0.3, -0.25) is 9.78 Å². The van der Waals surface area contributed by atoms with Crippen LogP contribution in [0.25, 0.3) is 0 Å². The molecular weight excluding hydrogens is 330 g/mol. The molecule has 6 heteroatoms. The number of hydrogen-bond acceptors (Lipinski definition) is 5. The number of amides is 1. The van der Waals surface area contributed by atoms with Crippen LogP contribution < -0.4 is 4.74 Å². The van der Waals surface area contributed by atoms with Crippen molar-refractivity contribution < 1.29 is 14.6 Å². The number of methoxy groups -OCH3 is 1. The summed E-state index contributed by atoms with van der Waals surface area (Å²) in [7, 11) is 1.62. The number of likely N-dealkylation sites (tertiary alicyclic amines) is 1. The van der Waals surface area contributed by atoms with Crippen molar-refractivity contribution in [2.24, 2.45) is 11.8 Å². The van der Waals surface area contributed by atoms with E-state index in [1.165, 1.54) is 6.20 Å². The highest BCUT2D eigenvalue weighted by Gasteiger charge is 2.53. The highest BCUT2D eigenvalue weighted by Crippen LogP contribution is 2.51. The maximum atomic E-state index is 12.8. The van der Waals surface area contributed by atoms with E-state index in [0.29, 0.717) is 31.1 Å². The quantitative estimate of drug-likeness (QED) is 0.915. The summed E-state index contributed by atoms with van der Waals surface area (Å²) in [6.07, 6.45) is 4.75. The minimum absolute atomic E-state index is 0.0250. The second-order valence-corrected chi connectivity index (χ2v) is 7.31. The molecule has 3 atom stereocenters. The molecule has 2 aliphatic rings. The lowest BCUT2D eigenvalue weighted by atomic mass is 9.82. The fraction of sp³-hybridized carbons (Fsp3) is 0.450. The molecule has 1 aromatic carbocycles. The Kier molecular flexibility index (Phi) is 4.15. The van der Waals surface area contributed by atoms with Gasteiger partial charge in [-0.05, 0) is 43.4 Å². The van der Waals surface area contributed by atoms with Gasteiger partial charge in [-0.15, -0.1) is 0 Å². The van der Waals surface area contributed by atoms with Crippen LogP contribution in [-0.4, -0.2) is 46.1 Å². The van der Waals surface area contributed by atoms with Gasteiger partial charge in [-0.25, -0.2) is 4.98 Å². The number of nitrogens with zero attached hydrogens (tertiary/aromatic N) is 3. The van der Waals surface area contributed by atoms with Crippen molar-refractivity contribution in [3.05, 3.63) is 53.6 Å². The van der Waals surface area contributed by atoms with E-state index in [2.05, 4.69) is 9.97 Å². The number of aromatic nitrogens is 2. The molecule has 1 saturated heterocycles. The van der Waals surface area contributed by atoms with Gasteiger partial charge >= 0.3 is 0 Å². The second kappa shape index (κ2) is 6.36. The average molecular weight is 353 g/mol. The third-order valence-electron chi connectivity index (χ3n) is 5.81. The molecule has 6 nitrogen and oxygen atoms in total. The van der Waals surface area contributed by atoms with Crippen LogP contribution in [0.2, 0.25) is 0 Å². The number of fused-ring (bicyclic) bond motifs is 1. The van der Waals surface area contributed by atoms with Crippen LogP contribution in [0.1, 0.15) is 34.6 Å². The van der Waals surface area contributed by atoms with E-state index in [1.807, 2.05) is 31.2 Å². The molecule has 1 amide bonds. The molecule has 0 radical (unpaired) electrons. The molecule has 2 fully saturated rings. The fourth-order valence-corrected chi connectivity index (χ4v) is 4.38. The van der Waals surface area contributed by atoms with Crippen LogP contribution in [-0.2, 0) is 5.60 Å². The number of benzene rings is 1. The predicted octanol–water partition coefficient (Wildman–Crippen LogP) is 2.16. The van der Waals surface area contributed by atoms with Crippen LogP contribution in [0, 0.1) is 18.8 Å². The lowest BCUT2D eigenvalue weighted by molar-refractivity contribution is -0.00607. The van der Waals surface area contributed by atoms with Crippen molar-refractivity contribution in [1.29, 1.82) is 0 Å². The standard InChI is InChI=1S/C20H23N3O3/c1-13-9-22-18(10-21-13)19(24)23-11-14-6-7-20(25,17(14)12-23)15-4-3-5-16(8-15)26-2/h3-5,8-10,14,17,25H,6-7,11-12H2,1-2H3. The Morgan fingerprint density at radius 2 is 2.15 bits per heavy atom. The minimum Gasteiger partial charge on any atom is -0.497 e. The molecule has 2 heterocycles. The van der Waals surface area contributed by atoms with Gasteiger partial charge in [0.25, 0.3) is 5.91 Å². The maximum Gasteiger partial charge on any atom is 0.274 e. The van der Waals surface area contributed by atoms with Crippen molar-refractivity contribution in [1.82, 2.24) is 14.9 Å². The van der Waals surface area contributed by atoms with Crippen LogP contribution in [0.4, 0.5) is 0 Å². The van der Waals surface area contributed by atoms with Gasteiger partial charge in [0.05, 0.1) is 24.6 Å². The first kappa shape index (κ1) is 17.0. The van der Waals surface area contributed by atoms with Gasteiger partial charge in [0, 0.05) is 25.2 Å². The monoisotopic (exact) mass is 353 g/mol. The average Bonchev–Trinajstić information content (AvgIpc) is 3.23. The van der Waals surface area contributed by atoms with Gasteiger partial charge in [0.2, 0.25) is 0 Å². The lowest BCUT2D eigenvalue weighted by Gasteiger charge is -2.31. The first-order valence-corrected chi connectivity index (χ1v) is 8.96. The molecule has 1 aliphatic carbocycles. The molecule has 1 N–H and O–H groups in total. The number of aliphatic hydroxyl groups is 1. The highest BCUT2D eigenvalue weighted by atomic mass is 16.5. The Labute approximate surface area is 152 Å². The normalized spacial score (nSPS) is 27.4. The first-order valence-electron chi connectivity index (χ1n) is 8.96. The predicted molar refractivity (Wildman–Crippen MR) is 95.8 cm³/mol. The highest BCUT2D eigenvalue weighted by molar-refractivity contribution is 5.92. The summed E-state index contributed by atoms with van der Waals surface area (Å²) in [5.41, 5.74) is 1.09. The Morgan fingerprint density at radius 3 is 2.88 bits per heavy atom. The zero-order valence-electron chi connectivity index (χ0n) is 15.1. The summed E-state index contributed by atoms with van der Waals surface area (Å²) in [6, 6.07) is 7.62. The number of hydrogen-bond donors (Lipinski definition) is 1. The third kappa shape index (κ3) is 2.74. The number of carbonyl (C=O) groups excluding carboxylic acids is 1. The third-order valence-corrected chi connectivity index (χ3v) is 5.81. The Morgan fingerprint density at radius 1 is 1.31 bits per heavy atom. The molecule has 136 valence electrons. The van der Waals surface area contributed by atoms with Gasteiger partial charge in [-0.2, -0.15) is 0 Å². The smallest absolute Gasteiger partial charge is 0.274 e. The van der Waals surface area contributed by atoms with E-state index in [4.69, 9.17) is 4.74 Å². The molecule has 0 spiro atoms. The van der Waals surface area contributed by atoms with Crippen molar-refractivity contribution in [3.63, 3.8) is 0 Å². The number of carbonyl (C=O) groups is 1. The molecule has 1 aliphatic heterocycles. The van der Waals surface area contributed by atoms with Gasteiger partial charge < -0.3 is 14.7 Å². The van der Waals surface area contributed by atoms with Crippen molar-refractivity contribution >= 4 is 5.91 Å². The number of ether oxygens (including phenoxy) is 1. The van der Waals surface area contributed by atoms with E-state index in [1.54, 1.807) is 18.2 Å². The molecule has 26 heavy (non-hydrogen) atoms. The topological polar surface area (TPSA) is 75.6 Å². The zero-order chi connectivity index (χ0) is 18.3. The van der Waals surface area contributed by atoms with Gasteiger partial charge in [-0.1, -0.05) is 12.1 Å². The largest absolute Gasteiger partial charge is 0.497 e. The summed E-state index contributed by atoms with van der Waals surface area (Å²) in [4.78, 5) is 22.9. The fourth-order valence-electron chi connectivity index (χ4n) is 4.38. The summed E-state index contributed by atoms with van der Waals surface area (Å²) in [5.74, 6) is 0.950. The molecule has 0 bridgehead atoms. The van der Waals surface area contributed by atoms with Crippen molar-refractivity contribution in [3.8, 4) is 5.75 Å². The SMILES string of the molecule is COc1cccc(C2(O)CCC3CN(C(=O)c4cnc(C)cn4)CC32)c1. The lowest BCUT2D eigenvalue weighted by Crippen LogP contribution is -2.36. The molecule has 3 unspecified atom stereocenters. The summed E-state index contributed by atoms with van der Waals surface area (Å²) in [5, 5.41) is 11.4. The van der Waals surface area contributed by atoms with E-state index < -0.39 is 5.60 Å². The Hall–Kier alpha value is -2.47. The zero-order valence-corrected chi connectivity index (χ0v) is 15.1. The second-order valence-electron chi connectivity index (χ2n) is 7.31. The number of aryl methyl sites for hydroxylation is 1. The van der Waals surface area contributed by atoms with E-state index in [-0.39, 0.29) is 11.8 Å². The molecule has 1 aromatic heterocycles. The first-order chi connectivity index (χ1) is 12.5. The summed E-state index contributed by atoms with van der Waals surface area (Å²) >= 11 is 0. The van der Waals surface area contributed by atoms with E-state index in [9.17, 15) is 9.90 Å². The summed E-state index contributed by atoms with van der Waals surface area (Å²) in [6.45, 7) is 3.04. The van der Waals surface area contributed by atoms with Crippen LogP contribution in [0.3, 0.4) is 0 Å². The van der Waals surface area contributed by atoms with E-state index >= 15 is 0 Å². The maximum absolute atomic E-state index is 12.8. The van der Waals surface area contributed by atoms with E-state index in [0.717, 1.165) is 23.4 Å². The summed E-state index contributed by atoms with van der Waals surface area (Å²) < 4.78 is 5.31. The Bertz CT molecular complexity index is 823. The molecular formula is C20H23N3O3. The molecule has 1 saturated carbocycles.